The van der Waals surface area contributed by atoms with Gasteiger partial charge in [0.15, 0.2) is 0 Å². The first-order chi connectivity index (χ1) is 12.3. The number of fused-ring (bicyclic) bond motifs is 1. The van der Waals surface area contributed by atoms with Crippen LogP contribution in [0.4, 0.5) is 10.1 Å². The summed E-state index contributed by atoms with van der Waals surface area (Å²) >= 11 is 0. The van der Waals surface area contributed by atoms with E-state index in [1.54, 1.807) is 37.1 Å². The maximum absolute atomic E-state index is 13.3. The van der Waals surface area contributed by atoms with Crippen LogP contribution in [0.3, 0.4) is 0 Å². The molecule has 0 bridgehead atoms. The van der Waals surface area contributed by atoms with E-state index in [4.69, 9.17) is 0 Å². The lowest BCUT2D eigenvalue weighted by Crippen LogP contribution is -1.94. The van der Waals surface area contributed by atoms with Crippen LogP contribution in [0.1, 0.15) is 5.56 Å². The van der Waals surface area contributed by atoms with E-state index in [9.17, 15) is 4.39 Å². The molecule has 0 unspecified atom stereocenters. The molecule has 122 valence electrons. The maximum atomic E-state index is 13.3. The number of aromatic nitrogens is 3. The minimum atomic E-state index is -0.307. The molecule has 0 saturated heterocycles. The van der Waals surface area contributed by atoms with Crippen molar-refractivity contribution < 1.29 is 4.39 Å². The molecule has 0 atom stereocenters. The third kappa shape index (κ3) is 3.23. The predicted octanol–water partition coefficient (Wildman–Crippen LogP) is 4.01. The van der Waals surface area contributed by atoms with Crippen LogP contribution in [-0.2, 0) is 0 Å². The van der Waals surface area contributed by atoms with Gasteiger partial charge in [0.2, 0.25) is 0 Å². The highest BCUT2D eigenvalue weighted by molar-refractivity contribution is 5.91. The van der Waals surface area contributed by atoms with Crippen molar-refractivity contribution in [3.05, 3.63) is 84.8 Å². The van der Waals surface area contributed by atoms with E-state index in [2.05, 4.69) is 20.5 Å². The van der Waals surface area contributed by atoms with Crippen molar-refractivity contribution >= 4 is 22.8 Å². The lowest BCUT2D eigenvalue weighted by Gasteiger charge is -2.05. The van der Waals surface area contributed by atoms with Gasteiger partial charge in [0.25, 0.3) is 0 Å². The van der Waals surface area contributed by atoms with Gasteiger partial charge in [-0.2, -0.15) is 5.10 Å². The zero-order valence-corrected chi connectivity index (χ0v) is 13.2. The summed E-state index contributed by atoms with van der Waals surface area (Å²) in [4.78, 5) is 8.20. The topological polar surface area (TPSA) is 55.1 Å². The van der Waals surface area contributed by atoms with Crippen LogP contribution in [0.2, 0.25) is 0 Å². The van der Waals surface area contributed by atoms with Crippen molar-refractivity contribution in [1.29, 1.82) is 0 Å². The molecule has 0 aliphatic heterocycles. The van der Waals surface area contributed by atoms with E-state index in [0.717, 1.165) is 22.3 Å². The molecule has 0 aliphatic rings. The summed E-state index contributed by atoms with van der Waals surface area (Å²) in [5.74, 6) is -0.307. The van der Waals surface area contributed by atoms with Crippen LogP contribution in [-0.4, -0.2) is 20.7 Å². The highest BCUT2D eigenvalue weighted by Gasteiger charge is 2.02. The molecule has 0 fully saturated rings. The molecule has 4 rings (SSSR count). The lowest BCUT2D eigenvalue weighted by atomic mass is 10.2. The van der Waals surface area contributed by atoms with E-state index in [1.165, 1.54) is 12.1 Å². The molecular weight excluding hydrogens is 317 g/mol. The summed E-state index contributed by atoms with van der Waals surface area (Å²) in [6, 6.07) is 14.2. The summed E-state index contributed by atoms with van der Waals surface area (Å²) in [6.07, 6.45) is 8.74. The summed E-state index contributed by atoms with van der Waals surface area (Å²) in [6.45, 7) is 0. The molecule has 25 heavy (non-hydrogen) atoms. The highest BCUT2D eigenvalue weighted by Crippen LogP contribution is 2.22. The molecule has 0 spiro atoms. The fraction of sp³-hybridized carbons (Fsp3) is 0. The third-order valence-electron chi connectivity index (χ3n) is 3.80. The minimum absolute atomic E-state index is 0.307. The molecule has 2 heterocycles. The minimum Gasteiger partial charge on any atom is -0.306 e. The van der Waals surface area contributed by atoms with Crippen molar-refractivity contribution in [1.82, 2.24) is 14.5 Å². The van der Waals surface area contributed by atoms with Gasteiger partial charge in [0, 0.05) is 35.7 Å². The molecule has 5 nitrogen and oxygen atoms in total. The van der Waals surface area contributed by atoms with E-state index in [1.807, 2.05) is 35.0 Å². The Morgan fingerprint density at radius 2 is 1.92 bits per heavy atom. The van der Waals surface area contributed by atoms with E-state index >= 15 is 0 Å². The average Bonchev–Trinajstić information content (AvgIpc) is 3.17. The van der Waals surface area contributed by atoms with Crippen molar-refractivity contribution in [3.8, 4) is 5.69 Å². The average molecular weight is 331 g/mol. The first-order valence-electron chi connectivity index (χ1n) is 7.71. The Morgan fingerprint density at radius 1 is 1.04 bits per heavy atom. The van der Waals surface area contributed by atoms with Gasteiger partial charge in [-0.1, -0.05) is 12.1 Å². The first-order valence-corrected chi connectivity index (χ1v) is 7.71. The Balaban J connectivity index is 1.51. The van der Waals surface area contributed by atoms with E-state index in [-0.39, 0.29) is 5.82 Å². The first kappa shape index (κ1) is 15.0. The van der Waals surface area contributed by atoms with Crippen LogP contribution in [0, 0.1) is 5.82 Å². The number of benzene rings is 2. The Hall–Kier alpha value is -3.54. The van der Waals surface area contributed by atoms with Crippen molar-refractivity contribution in [3.63, 3.8) is 0 Å². The standard InChI is InChI=1S/C19H14FN5/c20-15-3-6-17-18(7-8-22-19(17)11-15)24-23-12-14-1-4-16(5-2-14)25-10-9-21-13-25/h1-13H,(H,22,24). The quantitative estimate of drug-likeness (QED) is 0.454. The normalized spacial score (nSPS) is 11.2. The number of nitrogens with zero attached hydrogens (tertiary/aromatic N) is 4. The zero-order valence-electron chi connectivity index (χ0n) is 13.2. The fourth-order valence-corrected chi connectivity index (χ4v) is 2.54. The van der Waals surface area contributed by atoms with Gasteiger partial charge < -0.3 is 4.57 Å². The number of pyridine rings is 1. The second-order valence-corrected chi connectivity index (χ2v) is 5.45. The second kappa shape index (κ2) is 6.52. The molecule has 0 amide bonds. The van der Waals surface area contributed by atoms with Gasteiger partial charge in [-0.05, 0) is 35.9 Å². The molecule has 1 N–H and O–H groups in total. The molecule has 4 aromatic rings. The monoisotopic (exact) mass is 331 g/mol. The number of halogens is 1. The second-order valence-electron chi connectivity index (χ2n) is 5.45. The summed E-state index contributed by atoms with van der Waals surface area (Å²) in [5, 5.41) is 5.08. The number of rotatable bonds is 4. The zero-order chi connectivity index (χ0) is 17.1. The van der Waals surface area contributed by atoms with Crippen molar-refractivity contribution in [2.45, 2.75) is 0 Å². The van der Waals surface area contributed by atoms with Crippen molar-refractivity contribution in [2.75, 3.05) is 5.43 Å². The molecular formula is C19H14FN5. The Bertz CT molecular complexity index is 1020. The lowest BCUT2D eigenvalue weighted by molar-refractivity contribution is 0.629. The van der Waals surface area contributed by atoms with Gasteiger partial charge in [-0.25, -0.2) is 9.37 Å². The van der Waals surface area contributed by atoms with Crippen LogP contribution in [0.25, 0.3) is 16.6 Å². The Morgan fingerprint density at radius 3 is 2.72 bits per heavy atom. The van der Waals surface area contributed by atoms with Crippen LogP contribution < -0.4 is 5.43 Å². The highest BCUT2D eigenvalue weighted by atomic mass is 19.1. The van der Waals surface area contributed by atoms with E-state index < -0.39 is 0 Å². The van der Waals surface area contributed by atoms with Crippen LogP contribution in [0.5, 0.6) is 0 Å². The summed E-state index contributed by atoms with van der Waals surface area (Å²) < 4.78 is 15.2. The number of hydrazone groups is 1. The van der Waals surface area contributed by atoms with Gasteiger partial charge in [-0.15, -0.1) is 0 Å². The Kier molecular flexibility index (Phi) is 3.92. The Labute approximate surface area is 143 Å². The summed E-state index contributed by atoms with van der Waals surface area (Å²) in [5.41, 5.74) is 6.34. The van der Waals surface area contributed by atoms with Gasteiger partial charge in [0.1, 0.15) is 5.82 Å². The van der Waals surface area contributed by atoms with E-state index in [0.29, 0.717) is 5.52 Å². The number of nitrogens with one attached hydrogen (secondary N) is 1. The molecule has 2 aromatic carbocycles. The van der Waals surface area contributed by atoms with Crippen LogP contribution in [0.15, 0.2) is 78.6 Å². The third-order valence-corrected chi connectivity index (χ3v) is 3.80. The SMILES string of the molecule is Fc1ccc2c(NN=Cc3ccc(-n4ccnc4)cc3)ccnc2c1. The van der Waals surface area contributed by atoms with Crippen LogP contribution >= 0.6 is 0 Å². The van der Waals surface area contributed by atoms with Gasteiger partial charge in [0.05, 0.1) is 23.7 Å². The van der Waals surface area contributed by atoms with Crippen molar-refractivity contribution in [2.24, 2.45) is 5.10 Å². The largest absolute Gasteiger partial charge is 0.306 e. The summed E-state index contributed by atoms with van der Waals surface area (Å²) in [7, 11) is 0. The molecule has 0 aliphatic carbocycles. The number of hydrogen-bond donors (Lipinski definition) is 1. The van der Waals surface area contributed by atoms with Gasteiger partial charge >= 0.3 is 0 Å². The molecule has 0 radical (unpaired) electrons. The fourth-order valence-electron chi connectivity index (χ4n) is 2.54. The number of imidazole rings is 1. The smallest absolute Gasteiger partial charge is 0.125 e. The molecule has 6 heteroatoms. The molecule has 2 aromatic heterocycles. The van der Waals surface area contributed by atoms with Gasteiger partial charge in [-0.3, -0.25) is 10.4 Å². The number of hydrogen-bond acceptors (Lipinski definition) is 4. The molecule has 0 saturated carbocycles. The predicted molar refractivity (Wildman–Crippen MR) is 96.5 cm³/mol. The maximum Gasteiger partial charge on any atom is 0.125 e. The number of anilines is 1.